The lowest BCUT2D eigenvalue weighted by molar-refractivity contribution is -0.126. The maximum Gasteiger partial charge on any atom is 0.243 e. The second kappa shape index (κ2) is 11.0. The van der Waals surface area contributed by atoms with Gasteiger partial charge in [-0.15, -0.1) is 0 Å². The Labute approximate surface area is 189 Å². The smallest absolute Gasteiger partial charge is 0.243 e. The van der Waals surface area contributed by atoms with Crippen molar-refractivity contribution in [3.8, 4) is 5.75 Å². The number of hydrogen-bond donors (Lipinski definition) is 1. The van der Waals surface area contributed by atoms with Crippen molar-refractivity contribution in [2.24, 2.45) is 5.92 Å². The Kier molecular flexibility index (Phi) is 8.35. The number of hydrogen-bond acceptors (Lipinski definition) is 4. The Morgan fingerprint density at radius 3 is 2.68 bits per heavy atom. The van der Waals surface area contributed by atoms with Crippen LogP contribution < -0.4 is 10.1 Å². The molecule has 0 saturated carbocycles. The summed E-state index contributed by atoms with van der Waals surface area (Å²) in [5.41, 5.74) is 1.12. The molecule has 1 saturated heterocycles. The molecule has 1 atom stereocenters. The summed E-state index contributed by atoms with van der Waals surface area (Å²) in [4.78, 5) is 12.9. The van der Waals surface area contributed by atoms with Crippen LogP contribution in [0.5, 0.6) is 5.75 Å². The lowest BCUT2D eigenvalue weighted by Gasteiger charge is -2.31. The molecule has 1 unspecified atom stereocenters. The molecule has 1 aliphatic heterocycles. The van der Waals surface area contributed by atoms with Gasteiger partial charge >= 0.3 is 0 Å². The quantitative estimate of drug-likeness (QED) is 0.571. The summed E-state index contributed by atoms with van der Waals surface area (Å²) < 4.78 is 32.9. The van der Waals surface area contributed by atoms with E-state index >= 15 is 0 Å². The Morgan fingerprint density at radius 1 is 1.19 bits per heavy atom. The van der Waals surface area contributed by atoms with Gasteiger partial charge in [0, 0.05) is 24.7 Å². The fraction of sp³-hybridized carbons (Fsp3) is 0.435. The molecular formula is C23H29ClN2O4S. The first-order valence-electron chi connectivity index (χ1n) is 10.7. The average Bonchev–Trinajstić information content (AvgIpc) is 2.78. The van der Waals surface area contributed by atoms with Crippen molar-refractivity contribution in [2.45, 2.75) is 37.5 Å². The van der Waals surface area contributed by atoms with Crippen molar-refractivity contribution in [3.05, 3.63) is 59.1 Å². The van der Waals surface area contributed by atoms with Crippen LogP contribution >= 0.6 is 11.6 Å². The maximum absolute atomic E-state index is 12.9. The highest BCUT2D eigenvalue weighted by Crippen LogP contribution is 2.25. The Balaban J connectivity index is 1.51. The first-order chi connectivity index (χ1) is 14.9. The van der Waals surface area contributed by atoms with Gasteiger partial charge in [-0.3, -0.25) is 4.79 Å². The normalized spacial score (nSPS) is 17.3. The van der Waals surface area contributed by atoms with E-state index < -0.39 is 10.0 Å². The van der Waals surface area contributed by atoms with E-state index in [0.717, 1.165) is 24.2 Å². The van der Waals surface area contributed by atoms with Gasteiger partial charge < -0.3 is 10.1 Å². The van der Waals surface area contributed by atoms with Gasteiger partial charge in [0.25, 0.3) is 0 Å². The summed E-state index contributed by atoms with van der Waals surface area (Å²) in [5.74, 6) is 0.451. The van der Waals surface area contributed by atoms with Crippen molar-refractivity contribution in [2.75, 3.05) is 26.2 Å². The lowest BCUT2D eigenvalue weighted by Crippen LogP contribution is -2.45. The SMILES string of the molecule is CCOc1ccccc1CCCNC(=O)C1CCCN(S(=O)(=O)c2ccc(Cl)cc2)C1. The number of benzene rings is 2. The van der Waals surface area contributed by atoms with E-state index in [4.69, 9.17) is 16.3 Å². The molecule has 0 aromatic heterocycles. The number of sulfonamides is 1. The van der Waals surface area contributed by atoms with Crippen LogP contribution in [0.4, 0.5) is 0 Å². The van der Waals surface area contributed by atoms with Crippen LogP contribution in [-0.2, 0) is 21.2 Å². The molecular weight excluding hydrogens is 436 g/mol. The minimum Gasteiger partial charge on any atom is -0.494 e. The highest BCUT2D eigenvalue weighted by molar-refractivity contribution is 7.89. The molecule has 0 spiro atoms. The number of para-hydroxylation sites is 1. The minimum absolute atomic E-state index is 0.0888. The van der Waals surface area contributed by atoms with E-state index in [2.05, 4.69) is 5.32 Å². The summed E-state index contributed by atoms with van der Waals surface area (Å²) >= 11 is 5.87. The fourth-order valence-electron chi connectivity index (χ4n) is 3.77. The molecule has 168 valence electrons. The van der Waals surface area contributed by atoms with Crippen molar-refractivity contribution >= 4 is 27.5 Å². The summed E-state index contributed by atoms with van der Waals surface area (Å²) in [5, 5.41) is 3.46. The summed E-state index contributed by atoms with van der Waals surface area (Å²) in [6.45, 7) is 3.73. The second-order valence-corrected chi connectivity index (χ2v) is 9.97. The molecule has 0 bridgehead atoms. The number of aryl methyl sites for hydroxylation is 1. The molecule has 31 heavy (non-hydrogen) atoms. The van der Waals surface area contributed by atoms with Crippen LogP contribution in [-0.4, -0.2) is 44.9 Å². The molecule has 2 aromatic rings. The number of rotatable bonds is 9. The van der Waals surface area contributed by atoms with Crippen molar-refractivity contribution < 1.29 is 17.9 Å². The Morgan fingerprint density at radius 2 is 1.94 bits per heavy atom. The molecule has 6 nitrogen and oxygen atoms in total. The van der Waals surface area contributed by atoms with E-state index in [1.165, 1.54) is 16.4 Å². The fourth-order valence-corrected chi connectivity index (χ4v) is 5.42. The van der Waals surface area contributed by atoms with Crippen LogP contribution in [0.15, 0.2) is 53.4 Å². The number of carbonyl (C=O) groups is 1. The highest BCUT2D eigenvalue weighted by atomic mass is 35.5. The maximum atomic E-state index is 12.9. The minimum atomic E-state index is -3.64. The topological polar surface area (TPSA) is 75.7 Å². The predicted octanol–water partition coefficient (Wildman–Crippen LogP) is 3.89. The van der Waals surface area contributed by atoms with Gasteiger partial charge in [-0.1, -0.05) is 29.8 Å². The van der Waals surface area contributed by atoms with E-state index in [1.807, 2.05) is 31.2 Å². The molecule has 3 rings (SSSR count). The predicted molar refractivity (Wildman–Crippen MR) is 122 cm³/mol. The Bertz CT molecular complexity index is 979. The molecule has 2 aromatic carbocycles. The summed E-state index contributed by atoms with van der Waals surface area (Å²) in [6, 6.07) is 14.0. The van der Waals surface area contributed by atoms with E-state index in [0.29, 0.717) is 37.6 Å². The van der Waals surface area contributed by atoms with Gasteiger partial charge in [-0.2, -0.15) is 4.31 Å². The molecule has 8 heteroatoms. The van der Waals surface area contributed by atoms with Gasteiger partial charge in [0.05, 0.1) is 17.4 Å². The first-order valence-corrected chi connectivity index (χ1v) is 12.5. The zero-order valence-corrected chi connectivity index (χ0v) is 19.3. The standard InChI is InChI=1S/C23H29ClN2O4S/c1-2-30-22-10-4-3-7-18(22)8-5-15-25-23(27)19-9-6-16-26(17-19)31(28,29)21-13-11-20(24)12-14-21/h3-4,7,10-14,19H,2,5-6,8-9,15-17H2,1H3,(H,25,27). The van der Waals surface area contributed by atoms with E-state index in [-0.39, 0.29) is 23.3 Å². The summed E-state index contributed by atoms with van der Waals surface area (Å²) in [6.07, 6.45) is 2.94. The van der Waals surface area contributed by atoms with Crippen LogP contribution in [0.1, 0.15) is 31.7 Å². The number of piperidine rings is 1. The van der Waals surface area contributed by atoms with Gasteiger partial charge in [-0.25, -0.2) is 8.42 Å². The third-order valence-corrected chi connectivity index (χ3v) is 7.53. The average molecular weight is 465 g/mol. The van der Waals surface area contributed by atoms with Crippen molar-refractivity contribution in [1.29, 1.82) is 0 Å². The largest absolute Gasteiger partial charge is 0.494 e. The first kappa shape index (κ1) is 23.6. The van der Waals surface area contributed by atoms with Crippen LogP contribution in [0.2, 0.25) is 5.02 Å². The zero-order chi connectivity index (χ0) is 22.3. The highest BCUT2D eigenvalue weighted by Gasteiger charge is 2.33. The molecule has 0 aliphatic carbocycles. The third kappa shape index (κ3) is 6.21. The third-order valence-electron chi connectivity index (χ3n) is 5.40. The number of nitrogens with zero attached hydrogens (tertiary/aromatic N) is 1. The number of amides is 1. The number of carbonyl (C=O) groups excluding carboxylic acids is 1. The van der Waals surface area contributed by atoms with Crippen LogP contribution in [0, 0.1) is 5.92 Å². The number of halogens is 1. The molecule has 1 fully saturated rings. The van der Waals surface area contributed by atoms with E-state index in [9.17, 15) is 13.2 Å². The summed E-state index contributed by atoms with van der Waals surface area (Å²) in [7, 11) is -3.64. The zero-order valence-electron chi connectivity index (χ0n) is 17.7. The molecule has 1 N–H and O–H groups in total. The van der Waals surface area contributed by atoms with Gasteiger partial charge in [0.15, 0.2) is 0 Å². The van der Waals surface area contributed by atoms with Gasteiger partial charge in [-0.05, 0) is 68.5 Å². The number of nitrogens with one attached hydrogen (secondary N) is 1. The van der Waals surface area contributed by atoms with E-state index in [1.54, 1.807) is 12.1 Å². The van der Waals surface area contributed by atoms with Crippen LogP contribution in [0.3, 0.4) is 0 Å². The molecule has 1 heterocycles. The Hall–Kier alpha value is -2.09. The monoisotopic (exact) mass is 464 g/mol. The number of ether oxygens (including phenoxy) is 1. The van der Waals surface area contributed by atoms with Crippen LogP contribution in [0.25, 0.3) is 0 Å². The lowest BCUT2D eigenvalue weighted by atomic mass is 9.99. The van der Waals surface area contributed by atoms with Gasteiger partial charge in [0.2, 0.25) is 15.9 Å². The second-order valence-electron chi connectivity index (χ2n) is 7.59. The van der Waals surface area contributed by atoms with Crippen molar-refractivity contribution in [3.63, 3.8) is 0 Å². The molecule has 0 radical (unpaired) electrons. The van der Waals surface area contributed by atoms with Gasteiger partial charge in [0.1, 0.15) is 5.75 Å². The molecule has 1 amide bonds. The van der Waals surface area contributed by atoms with Crippen molar-refractivity contribution in [1.82, 2.24) is 9.62 Å². The molecule has 1 aliphatic rings.